The maximum absolute atomic E-state index is 8.63. The van der Waals surface area contributed by atoms with Crippen LogP contribution in [0.15, 0.2) is 54.6 Å². The van der Waals surface area contributed by atoms with Crippen molar-refractivity contribution in [2.45, 2.75) is 13.0 Å². The Morgan fingerprint density at radius 2 is 1.62 bits per heavy atom. The summed E-state index contributed by atoms with van der Waals surface area (Å²) in [5, 5.41) is 12.0. The molecule has 0 bridgehead atoms. The fraction of sp³-hybridized carbons (Fsp3) is 0.333. The molecule has 1 atom stereocenters. The van der Waals surface area contributed by atoms with Crippen LogP contribution in [0, 0.1) is 0 Å². The molecule has 2 N–H and O–H groups in total. The average molecular weight is 285 g/mol. The summed E-state index contributed by atoms with van der Waals surface area (Å²) in [5.41, 5.74) is 3.73. The van der Waals surface area contributed by atoms with Crippen LogP contribution in [0.5, 0.6) is 0 Å². The van der Waals surface area contributed by atoms with E-state index in [1.807, 2.05) is 6.07 Å². The van der Waals surface area contributed by atoms with Crippen LogP contribution in [-0.4, -0.2) is 31.5 Å². The molecule has 0 spiro atoms. The normalized spacial score (nSPS) is 12.3. The third kappa shape index (κ3) is 4.97. The Balaban J connectivity index is 1.87. The SMILES string of the molecule is CC(NCCOCCO)c1ccc(-c2ccccc2)cc1. The molecular weight excluding hydrogens is 262 g/mol. The number of aliphatic hydroxyl groups excluding tert-OH is 1. The zero-order valence-corrected chi connectivity index (χ0v) is 12.5. The Morgan fingerprint density at radius 1 is 0.952 bits per heavy atom. The molecule has 0 aliphatic rings. The largest absolute Gasteiger partial charge is 0.394 e. The van der Waals surface area contributed by atoms with Crippen LogP contribution in [0.3, 0.4) is 0 Å². The molecule has 21 heavy (non-hydrogen) atoms. The molecule has 2 aromatic carbocycles. The van der Waals surface area contributed by atoms with Gasteiger partial charge in [0.1, 0.15) is 0 Å². The summed E-state index contributed by atoms with van der Waals surface area (Å²) in [6.07, 6.45) is 0. The Hall–Kier alpha value is -1.68. The van der Waals surface area contributed by atoms with Crippen LogP contribution >= 0.6 is 0 Å². The van der Waals surface area contributed by atoms with Gasteiger partial charge in [0.05, 0.1) is 19.8 Å². The molecule has 0 saturated carbocycles. The van der Waals surface area contributed by atoms with Gasteiger partial charge in [0.2, 0.25) is 0 Å². The molecule has 0 aliphatic heterocycles. The van der Waals surface area contributed by atoms with Gasteiger partial charge in [-0.15, -0.1) is 0 Å². The molecule has 3 heteroatoms. The van der Waals surface area contributed by atoms with Gasteiger partial charge >= 0.3 is 0 Å². The van der Waals surface area contributed by atoms with E-state index >= 15 is 0 Å². The first-order valence-corrected chi connectivity index (χ1v) is 7.38. The molecule has 1 unspecified atom stereocenters. The van der Waals surface area contributed by atoms with Gasteiger partial charge in [0, 0.05) is 12.6 Å². The summed E-state index contributed by atoms with van der Waals surface area (Å²) in [6, 6.07) is 19.3. The minimum atomic E-state index is 0.0799. The second-order valence-corrected chi connectivity index (χ2v) is 5.00. The molecule has 0 radical (unpaired) electrons. The van der Waals surface area contributed by atoms with Gasteiger partial charge in [0.25, 0.3) is 0 Å². The first-order chi connectivity index (χ1) is 10.3. The van der Waals surface area contributed by atoms with Gasteiger partial charge < -0.3 is 15.2 Å². The van der Waals surface area contributed by atoms with Gasteiger partial charge in [-0.2, -0.15) is 0 Å². The standard InChI is InChI=1S/C18H23NO2/c1-15(19-11-13-21-14-12-20)16-7-9-18(10-8-16)17-5-3-2-4-6-17/h2-10,15,19-20H,11-14H2,1H3. The number of hydrogen-bond acceptors (Lipinski definition) is 3. The number of rotatable bonds is 8. The number of ether oxygens (including phenoxy) is 1. The van der Waals surface area contributed by atoms with Crippen LogP contribution < -0.4 is 5.32 Å². The molecule has 3 nitrogen and oxygen atoms in total. The molecule has 0 aromatic heterocycles. The summed E-state index contributed by atoms with van der Waals surface area (Å²) in [4.78, 5) is 0. The highest BCUT2D eigenvalue weighted by Gasteiger charge is 2.04. The average Bonchev–Trinajstić information content (AvgIpc) is 2.55. The summed E-state index contributed by atoms with van der Waals surface area (Å²) in [5.74, 6) is 0. The van der Waals surface area contributed by atoms with E-state index < -0.39 is 0 Å². The fourth-order valence-electron chi connectivity index (χ4n) is 2.23. The van der Waals surface area contributed by atoms with E-state index in [0.717, 1.165) is 6.54 Å². The maximum atomic E-state index is 8.63. The van der Waals surface area contributed by atoms with E-state index in [1.165, 1.54) is 16.7 Å². The van der Waals surface area contributed by atoms with Crippen molar-refractivity contribution >= 4 is 0 Å². The van der Waals surface area contributed by atoms with E-state index in [-0.39, 0.29) is 12.6 Å². The Labute approximate surface area is 126 Å². The number of aliphatic hydroxyl groups is 1. The molecule has 0 aliphatic carbocycles. The van der Waals surface area contributed by atoms with Crippen molar-refractivity contribution in [3.63, 3.8) is 0 Å². The lowest BCUT2D eigenvalue weighted by atomic mass is 10.0. The van der Waals surface area contributed by atoms with Gasteiger partial charge in [-0.3, -0.25) is 0 Å². The molecular formula is C18H23NO2. The van der Waals surface area contributed by atoms with E-state index in [0.29, 0.717) is 13.2 Å². The van der Waals surface area contributed by atoms with Crippen LogP contribution in [-0.2, 0) is 4.74 Å². The highest BCUT2D eigenvalue weighted by molar-refractivity contribution is 5.63. The molecule has 112 valence electrons. The first-order valence-electron chi connectivity index (χ1n) is 7.38. The van der Waals surface area contributed by atoms with Crippen molar-refractivity contribution in [1.29, 1.82) is 0 Å². The summed E-state index contributed by atoms with van der Waals surface area (Å²) >= 11 is 0. The van der Waals surface area contributed by atoms with Crippen molar-refractivity contribution < 1.29 is 9.84 Å². The number of hydrogen-bond donors (Lipinski definition) is 2. The predicted octanol–water partition coefficient (Wildman–Crippen LogP) is 3.01. The van der Waals surface area contributed by atoms with Crippen LogP contribution in [0.4, 0.5) is 0 Å². The van der Waals surface area contributed by atoms with Gasteiger partial charge in [-0.05, 0) is 23.6 Å². The van der Waals surface area contributed by atoms with Crippen molar-refractivity contribution in [1.82, 2.24) is 5.32 Å². The summed E-state index contributed by atoms with van der Waals surface area (Å²) < 4.78 is 5.23. The number of benzene rings is 2. The highest BCUT2D eigenvalue weighted by atomic mass is 16.5. The quantitative estimate of drug-likeness (QED) is 0.733. The Bertz CT molecular complexity index is 511. The van der Waals surface area contributed by atoms with E-state index in [9.17, 15) is 0 Å². The molecule has 0 fully saturated rings. The summed E-state index contributed by atoms with van der Waals surface area (Å²) in [7, 11) is 0. The lowest BCUT2D eigenvalue weighted by Gasteiger charge is -2.15. The second-order valence-electron chi connectivity index (χ2n) is 5.00. The minimum Gasteiger partial charge on any atom is -0.394 e. The van der Waals surface area contributed by atoms with Gasteiger partial charge in [0.15, 0.2) is 0 Å². The molecule has 0 heterocycles. The molecule has 2 aromatic rings. The third-order valence-corrected chi connectivity index (χ3v) is 3.45. The predicted molar refractivity (Wildman–Crippen MR) is 86.2 cm³/mol. The van der Waals surface area contributed by atoms with Gasteiger partial charge in [-0.25, -0.2) is 0 Å². The van der Waals surface area contributed by atoms with E-state index in [2.05, 4.69) is 60.8 Å². The van der Waals surface area contributed by atoms with Crippen LogP contribution in [0.25, 0.3) is 11.1 Å². The van der Waals surface area contributed by atoms with Crippen molar-refractivity contribution in [3.8, 4) is 11.1 Å². The summed E-state index contributed by atoms with van der Waals surface area (Å²) in [6.45, 7) is 4.02. The van der Waals surface area contributed by atoms with E-state index in [4.69, 9.17) is 9.84 Å². The van der Waals surface area contributed by atoms with Crippen molar-refractivity contribution in [2.75, 3.05) is 26.4 Å². The van der Waals surface area contributed by atoms with E-state index in [1.54, 1.807) is 0 Å². The highest BCUT2D eigenvalue weighted by Crippen LogP contribution is 2.21. The van der Waals surface area contributed by atoms with Gasteiger partial charge in [-0.1, -0.05) is 54.6 Å². The fourth-order valence-corrected chi connectivity index (χ4v) is 2.23. The molecule has 2 rings (SSSR count). The zero-order valence-electron chi connectivity index (χ0n) is 12.5. The maximum Gasteiger partial charge on any atom is 0.0698 e. The van der Waals surface area contributed by atoms with Crippen molar-refractivity contribution in [2.24, 2.45) is 0 Å². The zero-order chi connectivity index (χ0) is 14.9. The van der Waals surface area contributed by atoms with Crippen LogP contribution in [0.1, 0.15) is 18.5 Å². The Kier molecular flexibility index (Phi) is 6.41. The first kappa shape index (κ1) is 15.7. The molecule has 0 saturated heterocycles. The lowest BCUT2D eigenvalue weighted by molar-refractivity contribution is 0.0928. The third-order valence-electron chi connectivity index (χ3n) is 3.45. The lowest BCUT2D eigenvalue weighted by Crippen LogP contribution is -2.23. The van der Waals surface area contributed by atoms with Crippen molar-refractivity contribution in [3.05, 3.63) is 60.2 Å². The van der Waals surface area contributed by atoms with Crippen LogP contribution in [0.2, 0.25) is 0 Å². The number of nitrogens with one attached hydrogen (secondary N) is 1. The monoisotopic (exact) mass is 285 g/mol. The second kappa shape index (κ2) is 8.57. The molecule has 0 amide bonds. The Morgan fingerprint density at radius 3 is 2.29 bits per heavy atom. The smallest absolute Gasteiger partial charge is 0.0698 e. The minimum absolute atomic E-state index is 0.0799. The topological polar surface area (TPSA) is 41.5 Å².